The third-order valence-corrected chi connectivity index (χ3v) is 4.38. The van der Waals surface area contributed by atoms with Gasteiger partial charge in [0.25, 0.3) is 5.91 Å². The Balaban J connectivity index is 1.50. The van der Waals surface area contributed by atoms with E-state index in [1.165, 1.54) is 5.39 Å². The van der Waals surface area contributed by atoms with E-state index in [4.69, 9.17) is 0 Å². The van der Waals surface area contributed by atoms with Gasteiger partial charge in [-0.1, -0.05) is 66.7 Å². The van der Waals surface area contributed by atoms with Gasteiger partial charge < -0.3 is 0 Å². The van der Waals surface area contributed by atoms with E-state index in [1.807, 2.05) is 61.5 Å². The predicted octanol–water partition coefficient (Wildman–Crippen LogP) is 4.38. The maximum absolute atomic E-state index is 12.3. The minimum Gasteiger partial charge on any atom is -0.272 e. The second kappa shape index (κ2) is 7.25. The van der Waals surface area contributed by atoms with Crippen LogP contribution in [0, 0.1) is 0 Å². The lowest BCUT2D eigenvalue weighted by Crippen LogP contribution is -2.19. The number of aromatic nitrogens is 2. The number of amides is 1. The number of carbonyl (C=O) groups excluding carboxylic acids is 1. The summed E-state index contributed by atoms with van der Waals surface area (Å²) in [6.07, 6.45) is 0. The monoisotopic (exact) mass is 354 g/mol. The van der Waals surface area contributed by atoms with Gasteiger partial charge in [-0.25, -0.2) is 5.43 Å². The molecule has 0 saturated heterocycles. The standard InChI is InChI=1S/C22H18N4O/c1-15(18-12-11-16-7-5-6-10-19(16)13-18)23-26-22(27)21-14-20(24-25-21)17-8-3-2-4-9-17/h2-14H,1H3,(H,24,25)(H,26,27)/b23-15+. The molecule has 1 aromatic heterocycles. The highest BCUT2D eigenvalue weighted by molar-refractivity contribution is 6.03. The zero-order valence-electron chi connectivity index (χ0n) is 14.8. The third-order valence-electron chi connectivity index (χ3n) is 4.38. The van der Waals surface area contributed by atoms with Gasteiger partial charge in [-0.2, -0.15) is 10.2 Å². The Morgan fingerprint density at radius 1 is 0.926 bits per heavy atom. The van der Waals surface area contributed by atoms with Crippen molar-refractivity contribution in [2.24, 2.45) is 5.10 Å². The number of nitrogens with zero attached hydrogens (tertiary/aromatic N) is 2. The van der Waals surface area contributed by atoms with Crippen LogP contribution < -0.4 is 5.43 Å². The van der Waals surface area contributed by atoms with Crippen LogP contribution in [0.3, 0.4) is 0 Å². The van der Waals surface area contributed by atoms with Gasteiger partial charge in [-0.15, -0.1) is 0 Å². The van der Waals surface area contributed by atoms with Crippen LogP contribution in [0.2, 0.25) is 0 Å². The molecule has 0 atom stereocenters. The Bertz CT molecular complexity index is 1130. The van der Waals surface area contributed by atoms with Crippen molar-refractivity contribution in [3.8, 4) is 11.3 Å². The minimum absolute atomic E-state index is 0.329. The molecular formula is C22H18N4O. The minimum atomic E-state index is -0.329. The second-order valence-corrected chi connectivity index (χ2v) is 6.23. The fourth-order valence-electron chi connectivity index (χ4n) is 2.87. The molecule has 1 heterocycles. The number of hydrogen-bond donors (Lipinski definition) is 2. The third kappa shape index (κ3) is 3.62. The highest BCUT2D eigenvalue weighted by Crippen LogP contribution is 2.17. The molecule has 0 unspecified atom stereocenters. The molecule has 0 saturated carbocycles. The first-order valence-corrected chi connectivity index (χ1v) is 8.65. The van der Waals surface area contributed by atoms with Gasteiger partial charge in [-0.05, 0) is 35.4 Å². The SMILES string of the molecule is C/C(=N\NC(=O)c1cc(-c2ccccc2)n[nH]1)c1ccc2ccccc2c1. The van der Waals surface area contributed by atoms with Crippen LogP contribution in [0.15, 0.2) is 84.0 Å². The van der Waals surface area contributed by atoms with E-state index in [9.17, 15) is 4.79 Å². The zero-order valence-corrected chi connectivity index (χ0v) is 14.8. The van der Waals surface area contributed by atoms with Crippen LogP contribution in [-0.2, 0) is 0 Å². The summed E-state index contributed by atoms with van der Waals surface area (Å²) >= 11 is 0. The Morgan fingerprint density at radius 3 is 2.48 bits per heavy atom. The molecular weight excluding hydrogens is 336 g/mol. The maximum atomic E-state index is 12.3. The molecule has 5 nitrogen and oxygen atoms in total. The quantitative estimate of drug-likeness (QED) is 0.422. The number of aromatic amines is 1. The molecule has 0 fully saturated rings. The number of hydrazone groups is 1. The van der Waals surface area contributed by atoms with Crippen LogP contribution in [0.25, 0.3) is 22.0 Å². The number of fused-ring (bicyclic) bond motifs is 1. The van der Waals surface area contributed by atoms with Crippen molar-refractivity contribution >= 4 is 22.4 Å². The highest BCUT2D eigenvalue weighted by atomic mass is 16.2. The fourth-order valence-corrected chi connectivity index (χ4v) is 2.87. The number of hydrogen-bond acceptors (Lipinski definition) is 3. The number of nitrogens with one attached hydrogen (secondary N) is 2. The van der Waals surface area contributed by atoms with E-state index in [-0.39, 0.29) is 5.91 Å². The van der Waals surface area contributed by atoms with Crippen molar-refractivity contribution in [1.29, 1.82) is 0 Å². The Kier molecular flexibility index (Phi) is 4.49. The number of carbonyl (C=O) groups is 1. The number of H-pyrrole nitrogens is 1. The van der Waals surface area contributed by atoms with Gasteiger partial charge in [-0.3, -0.25) is 9.89 Å². The highest BCUT2D eigenvalue weighted by Gasteiger charge is 2.10. The van der Waals surface area contributed by atoms with E-state index in [0.717, 1.165) is 27.9 Å². The number of rotatable bonds is 4. The van der Waals surface area contributed by atoms with E-state index >= 15 is 0 Å². The molecule has 0 aliphatic carbocycles. The number of benzene rings is 3. The summed E-state index contributed by atoms with van der Waals surface area (Å²) in [7, 11) is 0. The summed E-state index contributed by atoms with van der Waals surface area (Å²) in [6, 6.07) is 25.6. The predicted molar refractivity (Wildman–Crippen MR) is 108 cm³/mol. The second-order valence-electron chi connectivity index (χ2n) is 6.23. The van der Waals surface area contributed by atoms with Crippen molar-refractivity contribution in [3.63, 3.8) is 0 Å². The van der Waals surface area contributed by atoms with Crippen LogP contribution in [-0.4, -0.2) is 21.8 Å². The summed E-state index contributed by atoms with van der Waals surface area (Å²) in [5, 5.41) is 13.5. The van der Waals surface area contributed by atoms with E-state index in [2.05, 4.69) is 38.9 Å². The first kappa shape index (κ1) is 16.7. The normalized spacial score (nSPS) is 11.5. The van der Waals surface area contributed by atoms with E-state index in [0.29, 0.717) is 5.69 Å². The topological polar surface area (TPSA) is 70.1 Å². The van der Waals surface area contributed by atoms with Gasteiger partial charge >= 0.3 is 0 Å². The average Bonchev–Trinajstić information content (AvgIpc) is 3.22. The molecule has 132 valence electrons. The van der Waals surface area contributed by atoms with Gasteiger partial charge in [0.15, 0.2) is 0 Å². The van der Waals surface area contributed by atoms with Crippen LogP contribution in [0.5, 0.6) is 0 Å². The Labute approximate surface area is 156 Å². The van der Waals surface area contributed by atoms with Crippen molar-refractivity contribution in [1.82, 2.24) is 15.6 Å². The molecule has 0 aliphatic heterocycles. The Morgan fingerprint density at radius 2 is 1.67 bits per heavy atom. The van der Waals surface area contributed by atoms with Gasteiger partial charge in [0.2, 0.25) is 0 Å². The van der Waals surface area contributed by atoms with Crippen LogP contribution in [0.1, 0.15) is 23.0 Å². The summed E-state index contributed by atoms with van der Waals surface area (Å²) in [6.45, 7) is 1.87. The van der Waals surface area contributed by atoms with Crippen LogP contribution in [0.4, 0.5) is 0 Å². The summed E-state index contributed by atoms with van der Waals surface area (Å²) < 4.78 is 0. The average molecular weight is 354 g/mol. The summed E-state index contributed by atoms with van der Waals surface area (Å²) in [4.78, 5) is 12.3. The van der Waals surface area contributed by atoms with E-state index < -0.39 is 0 Å². The molecule has 0 radical (unpaired) electrons. The lowest BCUT2D eigenvalue weighted by Gasteiger charge is -2.04. The molecule has 0 spiro atoms. The lowest BCUT2D eigenvalue weighted by atomic mass is 10.0. The van der Waals surface area contributed by atoms with Gasteiger partial charge in [0, 0.05) is 5.56 Å². The largest absolute Gasteiger partial charge is 0.289 e. The van der Waals surface area contributed by atoms with Crippen LogP contribution >= 0.6 is 0 Å². The smallest absolute Gasteiger partial charge is 0.272 e. The molecule has 4 aromatic rings. The van der Waals surface area contributed by atoms with Crippen molar-refractivity contribution in [3.05, 3.63) is 90.1 Å². The van der Waals surface area contributed by atoms with Crippen molar-refractivity contribution < 1.29 is 4.79 Å². The molecule has 3 aromatic carbocycles. The molecule has 5 heteroatoms. The first-order valence-electron chi connectivity index (χ1n) is 8.65. The lowest BCUT2D eigenvalue weighted by molar-refractivity contribution is 0.0950. The van der Waals surface area contributed by atoms with Crippen molar-refractivity contribution in [2.45, 2.75) is 6.92 Å². The molecule has 0 aliphatic rings. The molecule has 0 bridgehead atoms. The molecule has 27 heavy (non-hydrogen) atoms. The van der Waals surface area contributed by atoms with Crippen molar-refractivity contribution in [2.75, 3.05) is 0 Å². The molecule has 1 amide bonds. The van der Waals surface area contributed by atoms with Gasteiger partial charge in [0.05, 0.1) is 11.4 Å². The van der Waals surface area contributed by atoms with Gasteiger partial charge in [0.1, 0.15) is 5.69 Å². The first-order chi connectivity index (χ1) is 13.2. The summed E-state index contributed by atoms with van der Waals surface area (Å²) in [5.41, 5.74) is 6.31. The molecule has 4 rings (SSSR count). The fraction of sp³-hybridized carbons (Fsp3) is 0.0455. The zero-order chi connectivity index (χ0) is 18.6. The summed E-state index contributed by atoms with van der Waals surface area (Å²) in [5.74, 6) is -0.329. The molecule has 2 N–H and O–H groups in total. The maximum Gasteiger partial charge on any atom is 0.289 e. The van der Waals surface area contributed by atoms with E-state index in [1.54, 1.807) is 6.07 Å². The Hall–Kier alpha value is -3.73.